The second kappa shape index (κ2) is 8.11. The fraction of sp³-hybridized carbons (Fsp3) is 0.500. The number of hydrogen-bond donors (Lipinski definition) is 1. The maximum absolute atomic E-state index is 13.3. The van der Waals surface area contributed by atoms with Gasteiger partial charge in [-0.05, 0) is 48.6 Å². The van der Waals surface area contributed by atoms with Gasteiger partial charge in [0.25, 0.3) is 0 Å². The van der Waals surface area contributed by atoms with Crippen LogP contribution in [0, 0.1) is 5.92 Å². The van der Waals surface area contributed by atoms with Gasteiger partial charge in [-0.1, -0.05) is 18.2 Å². The van der Waals surface area contributed by atoms with Crippen LogP contribution in [0.15, 0.2) is 30.7 Å². The molecule has 6 nitrogen and oxygen atoms in total. The standard InChI is InChI=1S/C22H24F3N5O/c23-22(24,25)10-17-9-16(15-1-2-15)3-4-18(17)20-19-12-26-13-30(19)21(29-28-20)27-11-14-5-7-31-8-6-14/h3-4,9,12-15H,1-2,5-8,10-11H2,(H,27,29). The van der Waals surface area contributed by atoms with Gasteiger partial charge in [0, 0.05) is 25.3 Å². The molecule has 0 atom stereocenters. The number of imidazole rings is 1. The molecule has 0 unspecified atom stereocenters. The highest BCUT2D eigenvalue weighted by molar-refractivity contribution is 5.79. The van der Waals surface area contributed by atoms with Gasteiger partial charge in [0.2, 0.25) is 5.95 Å². The van der Waals surface area contributed by atoms with Gasteiger partial charge in [0.05, 0.1) is 18.1 Å². The third kappa shape index (κ3) is 4.51. The van der Waals surface area contributed by atoms with Gasteiger partial charge in [-0.2, -0.15) is 13.2 Å². The Kier molecular flexibility index (Phi) is 5.29. The number of alkyl halides is 3. The molecule has 3 aromatic rings. The Hall–Kier alpha value is -2.68. The number of halogens is 3. The van der Waals surface area contributed by atoms with Crippen molar-refractivity contribution in [2.45, 2.75) is 44.2 Å². The van der Waals surface area contributed by atoms with E-state index in [1.165, 1.54) is 0 Å². The van der Waals surface area contributed by atoms with Crippen LogP contribution < -0.4 is 5.32 Å². The van der Waals surface area contributed by atoms with E-state index in [-0.39, 0.29) is 5.56 Å². The summed E-state index contributed by atoms with van der Waals surface area (Å²) >= 11 is 0. The van der Waals surface area contributed by atoms with E-state index in [1.807, 2.05) is 6.07 Å². The zero-order valence-electron chi connectivity index (χ0n) is 17.0. The summed E-state index contributed by atoms with van der Waals surface area (Å²) in [5, 5.41) is 11.9. The second-order valence-electron chi connectivity index (χ2n) is 8.44. The van der Waals surface area contributed by atoms with Crippen molar-refractivity contribution in [1.82, 2.24) is 19.6 Å². The molecule has 1 saturated heterocycles. The maximum atomic E-state index is 13.3. The maximum Gasteiger partial charge on any atom is 0.393 e. The van der Waals surface area contributed by atoms with E-state index in [1.54, 1.807) is 29.1 Å². The molecule has 3 heterocycles. The molecule has 1 aliphatic carbocycles. The fourth-order valence-corrected chi connectivity index (χ4v) is 4.21. The van der Waals surface area contributed by atoms with Crippen molar-refractivity contribution in [2.24, 2.45) is 5.92 Å². The lowest BCUT2D eigenvalue weighted by atomic mass is 9.96. The number of nitrogens with zero attached hydrogens (tertiary/aromatic N) is 4. The molecule has 31 heavy (non-hydrogen) atoms. The van der Waals surface area contributed by atoms with Crippen molar-refractivity contribution >= 4 is 11.5 Å². The lowest BCUT2D eigenvalue weighted by Crippen LogP contribution is -2.23. The Balaban J connectivity index is 1.48. The first-order valence-corrected chi connectivity index (χ1v) is 10.7. The molecule has 2 aromatic heterocycles. The minimum Gasteiger partial charge on any atom is -0.381 e. The van der Waals surface area contributed by atoms with Crippen LogP contribution in [-0.4, -0.2) is 45.5 Å². The predicted octanol–water partition coefficient (Wildman–Crippen LogP) is 4.61. The Labute approximate surface area is 177 Å². The van der Waals surface area contributed by atoms with Crippen molar-refractivity contribution < 1.29 is 17.9 Å². The number of nitrogens with one attached hydrogen (secondary N) is 1. The van der Waals surface area contributed by atoms with Gasteiger partial charge < -0.3 is 10.1 Å². The van der Waals surface area contributed by atoms with Gasteiger partial charge in [0.15, 0.2) is 0 Å². The SMILES string of the molecule is FC(F)(F)Cc1cc(C2CC2)ccc1-c1nnc(NCC2CCOCC2)n2cncc12. The summed E-state index contributed by atoms with van der Waals surface area (Å²) in [6.07, 6.45) is 1.98. The first kappa shape index (κ1) is 20.2. The van der Waals surface area contributed by atoms with Crippen LogP contribution in [0.3, 0.4) is 0 Å². The number of fused-ring (bicyclic) bond motifs is 1. The van der Waals surface area contributed by atoms with Crippen molar-refractivity contribution in [3.63, 3.8) is 0 Å². The Morgan fingerprint density at radius 1 is 1.10 bits per heavy atom. The minimum atomic E-state index is -4.30. The van der Waals surface area contributed by atoms with Crippen molar-refractivity contribution in [2.75, 3.05) is 25.1 Å². The van der Waals surface area contributed by atoms with Crippen LogP contribution in [0.1, 0.15) is 42.7 Å². The Morgan fingerprint density at radius 2 is 1.90 bits per heavy atom. The monoisotopic (exact) mass is 431 g/mol. The highest BCUT2D eigenvalue weighted by Gasteiger charge is 2.31. The number of rotatable bonds is 6. The van der Waals surface area contributed by atoms with Crippen LogP contribution in [0.4, 0.5) is 19.1 Å². The third-order valence-corrected chi connectivity index (χ3v) is 6.07. The lowest BCUT2D eigenvalue weighted by molar-refractivity contribution is -0.127. The van der Waals surface area contributed by atoms with Crippen LogP contribution in [0.25, 0.3) is 16.8 Å². The number of benzene rings is 1. The average molecular weight is 431 g/mol. The van der Waals surface area contributed by atoms with E-state index in [2.05, 4.69) is 20.5 Å². The summed E-state index contributed by atoms with van der Waals surface area (Å²) in [5.41, 5.74) is 2.70. The Bertz CT molecular complexity index is 1070. The first-order valence-electron chi connectivity index (χ1n) is 10.7. The van der Waals surface area contributed by atoms with E-state index in [0.717, 1.165) is 51.0 Å². The molecule has 1 aromatic carbocycles. The molecule has 0 spiro atoms. The molecule has 2 aliphatic rings. The first-order chi connectivity index (χ1) is 15.0. The van der Waals surface area contributed by atoms with E-state index in [4.69, 9.17) is 4.74 Å². The van der Waals surface area contributed by atoms with Crippen molar-refractivity contribution in [3.05, 3.63) is 41.9 Å². The van der Waals surface area contributed by atoms with Crippen LogP contribution in [0.5, 0.6) is 0 Å². The largest absolute Gasteiger partial charge is 0.393 e. The number of aromatic nitrogens is 4. The molecule has 9 heteroatoms. The molecular weight excluding hydrogens is 407 g/mol. The molecule has 5 rings (SSSR count). The van der Waals surface area contributed by atoms with Crippen LogP contribution in [0.2, 0.25) is 0 Å². The Morgan fingerprint density at radius 3 is 2.65 bits per heavy atom. The number of ether oxygens (including phenoxy) is 1. The summed E-state index contributed by atoms with van der Waals surface area (Å²) < 4.78 is 47.1. The molecule has 0 bridgehead atoms. The molecular formula is C22H24F3N5O. The number of hydrogen-bond acceptors (Lipinski definition) is 5. The van der Waals surface area contributed by atoms with Crippen LogP contribution in [-0.2, 0) is 11.2 Å². The lowest BCUT2D eigenvalue weighted by Gasteiger charge is -2.22. The van der Waals surface area contributed by atoms with Crippen molar-refractivity contribution in [3.8, 4) is 11.3 Å². The zero-order valence-corrected chi connectivity index (χ0v) is 17.0. The zero-order chi connectivity index (χ0) is 21.4. The summed E-state index contributed by atoms with van der Waals surface area (Å²) in [4.78, 5) is 4.20. The average Bonchev–Trinajstić information content (AvgIpc) is 3.48. The fourth-order valence-electron chi connectivity index (χ4n) is 4.21. The smallest absolute Gasteiger partial charge is 0.381 e. The summed E-state index contributed by atoms with van der Waals surface area (Å²) in [6, 6.07) is 5.35. The van der Waals surface area contributed by atoms with Gasteiger partial charge in [-0.3, -0.25) is 4.40 Å². The quantitative estimate of drug-likeness (QED) is 0.617. The highest BCUT2D eigenvalue weighted by atomic mass is 19.4. The molecule has 1 aliphatic heterocycles. The van der Waals surface area contributed by atoms with E-state index in [9.17, 15) is 13.2 Å². The van der Waals surface area contributed by atoms with E-state index < -0.39 is 12.6 Å². The molecule has 164 valence electrons. The second-order valence-corrected chi connectivity index (χ2v) is 8.44. The van der Waals surface area contributed by atoms with Gasteiger partial charge in [-0.15, -0.1) is 10.2 Å². The number of anilines is 1. The topological polar surface area (TPSA) is 64.3 Å². The third-order valence-electron chi connectivity index (χ3n) is 6.07. The summed E-state index contributed by atoms with van der Waals surface area (Å²) in [7, 11) is 0. The van der Waals surface area contributed by atoms with Crippen LogP contribution >= 0.6 is 0 Å². The van der Waals surface area contributed by atoms with E-state index >= 15 is 0 Å². The summed E-state index contributed by atoms with van der Waals surface area (Å²) in [6.45, 7) is 2.26. The van der Waals surface area contributed by atoms with E-state index in [0.29, 0.717) is 34.6 Å². The molecule has 1 saturated carbocycles. The van der Waals surface area contributed by atoms with Crippen molar-refractivity contribution in [1.29, 1.82) is 0 Å². The molecule has 1 N–H and O–H groups in total. The predicted molar refractivity (Wildman–Crippen MR) is 110 cm³/mol. The molecule has 2 fully saturated rings. The summed E-state index contributed by atoms with van der Waals surface area (Å²) in [5.74, 6) is 1.40. The van der Waals surface area contributed by atoms with Gasteiger partial charge in [-0.25, -0.2) is 4.98 Å². The highest BCUT2D eigenvalue weighted by Crippen LogP contribution is 2.42. The van der Waals surface area contributed by atoms with Gasteiger partial charge >= 0.3 is 6.18 Å². The minimum absolute atomic E-state index is 0.234. The molecule has 0 radical (unpaired) electrons. The molecule has 0 amide bonds. The normalized spacial score (nSPS) is 17.9. The van der Waals surface area contributed by atoms with Gasteiger partial charge in [0.1, 0.15) is 12.0 Å².